The molecular weight excluding hydrogens is 220 g/mol. The molecule has 1 fully saturated rings. The molecule has 3 unspecified atom stereocenters. The van der Waals surface area contributed by atoms with Crippen LogP contribution < -0.4 is 0 Å². The number of carbonyl (C=O) groups is 1. The Morgan fingerprint density at radius 2 is 2.06 bits per heavy atom. The summed E-state index contributed by atoms with van der Waals surface area (Å²) in [6.45, 7) is 6.56. The number of hydrogen-bond acceptors (Lipinski definition) is 4. The molecule has 0 aromatic rings. The molecule has 0 aromatic carbocycles. The molecule has 0 radical (unpaired) electrons. The van der Waals surface area contributed by atoms with Gasteiger partial charge in [0.15, 0.2) is 6.10 Å². The van der Waals surface area contributed by atoms with Gasteiger partial charge in [-0.05, 0) is 11.8 Å². The van der Waals surface area contributed by atoms with Crippen LogP contribution in [0.4, 0.5) is 0 Å². The zero-order valence-electron chi connectivity index (χ0n) is 11.5. The second-order valence-corrected chi connectivity index (χ2v) is 5.32. The van der Waals surface area contributed by atoms with Gasteiger partial charge in [0.25, 0.3) is 0 Å². The fraction of sp³-hybridized carbons (Fsp3) is 0.923. The minimum absolute atomic E-state index is 0.0384. The molecule has 0 aliphatic carbocycles. The van der Waals surface area contributed by atoms with Crippen molar-refractivity contribution in [3.05, 3.63) is 0 Å². The van der Waals surface area contributed by atoms with Crippen LogP contribution in [0.2, 0.25) is 0 Å². The van der Waals surface area contributed by atoms with Gasteiger partial charge in [0.05, 0.1) is 19.3 Å². The molecule has 0 amide bonds. The Morgan fingerprint density at radius 3 is 2.53 bits per heavy atom. The number of rotatable bonds is 7. The average molecular weight is 244 g/mol. The second-order valence-electron chi connectivity index (χ2n) is 5.32. The summed E-state index contributed by atoms with van der Waals surface area (Å²) in [5.41, 5.74) is 0.107. The molecule has 0 saturated carbocycles. The topological polar surface area (TPSA) is 48.1 Å². The van der Waals surface area contributed by atoms with E-state index >= 15 is 0 Å². The highest BCUT2D eigenvalue weighted by molar-refractivity contribution is 5.77. The summed E-state index contributed by atoms with van der Waals surface area (Å²) in [4.78, 5) is 11.2. The van der Waals surface area contributed by atoms with Crippen molar-refractivity contribution >= 4 is 5.97 Å². The highest BCUT2D eigenvalue weighted by Crippen LogP contribution is 2.36. The van der Waals surface area contributed by atoms with Crippen LogP contribution in [0.1, 0.15) is 40.0 Å². The Balaban J connectivity index is 2.47. The van der Waals surface area contributed by atoms with E-state index in [1.165, 1.54) is 7.11 Å². The fourth-order valence-electron chi connectivity index (χ4n) is 2.40. The maximum absolute atomic E-state index is 11.2. The zero-order valence-corrected chi connectivity index (χ0v) is 11.5. The fourth-order valence-corrected chi connectivity index (χ4v) is 2.40. The van der Waals surface area contributed by atoms with E-state index in [1.807, 2.05) is 0 Å². The molecular formula is C13H24O4. The van der Waals surface area contributed by atoms with E-state index in [9.17, 15) is 4.79 Å². The lowest BCUT2D eigenvalue weighted by Crippen LogP contribution is -2.33. The highest BCUT2D eigenvalue weighted by Gasteiger charge is 2.48. The molecule has 1 heterocycles. The van der Waals surface area contributed by atoms with Crippen molar-refractivity contribution < 1.29 is 19.0 Å². The van der Waals surface area contributed by atoms with Crippen molar-refractivity contribution in [3.8, 4) is 0 Å². The molecule has 0 aromatic heterocycles. The van der Waals surface area contributed by atoms with E-state index in [4.69, 9.17) is 9.47 Å². The van der Waals surface area contributed by atoms with Gasteiger partial charge in [0.2, 0.25) is 0 Å². The number of ether oxygens (including phenoxy) is 3. The predicted molar refractivity (Wildman–Crippen MR) is 64.8 cm³/mol. The molecule has 4 nitrogen and oxygen atoms in total. The first-order chi connectivity index (χ1) is 7.96. The normalized spacial score (nSPS) is 25.5. The minimum Gasteiger partial charge on any atom is -0.467 e. The Kier molecular flexibility index (Phi) is 4.95. The molecule has 0 bridgehead atoms. The lowest BCUT2D eigenvalue weighted by atomic mass is 9.80. The maximum Gasteiger partial charge on any atom is 0.337 e. The summed E-state index contributed by atoms with van der Waals surface area (Å²) in [6, 6.07) is 0. The molecule has 1 aliphatic rings. The molecule has 0 N–H and O–H groups in total. The van der Waals surface area contributed by atoms with E-state index < -0.39 is 0 Å². The van der Waals surface area contributed by atoms with Gasteiger partial charge in [-0.1, -0.05) is 27.2 Å². The summed E-state index contributed by atoms with van der Waals surface area (Å²) < 4.78 is 15.5. The van der Waals surface area contributed by atoms with Crippen LogP contribution in [-0.4, -0.2) is 38.5 Å². The van der Waals surface area contributed by atoms with Crippen LogP contribution in [0.15, 0.2) is 0 Å². The summed E-state index contributed by atoms with van der Waals surface area (Å²) >= 11 is 0. The molecule has 0 spiro atoms. The van der Waals surface area contributed by atoms with Crippen molar-refractivity contribution in [2.45, 2.75) is 58.3 Å². The number of carbonyl (C=O) groups excluding carboxylic acids is 1. The van der Waals surface area contributed by atoms with Crippen LogP contribution in [0.5, 0.6) is 0 Å². The summed E-state index contributed by atoms with van der Waals surface area (Å²) in [7, 11) is 3.10. The molecule has 3 atom stereocenters. The Morgan fingerprint density at radius 1 is 1.41 bits per heavy atom. The van der Waals surface area contributed by atoms with Crippen LogP contribution >= 0.6 is 0 Å². The minimum atomic E-state index is -0.380. The van der Waals surface area contributed by atoms with Crippen molar-refractivity contribution in [2.75, 3.05) is 14.2 Å². The van der Waals surface area contributed by atoms with Crippen molar-refractivity contribution in [1.29, 1.82) is 0 Å². The predicted octanol–water partition coefficient (Wildman–Crippen LogP) is 2.16. The largest absolute Gasteiger partial charge is 0.467 e. The summed E-state index contributed by atoms with van der Waals surface area (Å²) in [5.74, 6) is -0.279. The van der Waals surface area contributed by atoms with E-state index in [0.29, 0.717) is 0 Å². The van der Waals surface area contributed by atoms with Gasteiger partial charge in [0.1, 0.15) is 0 Å². The lowest BCUT2D eigenvalue weighted by Gasteiger charge is -2.32. The third kappa shape index (κ3) is 3.68. The quantitative estimate of drug-likeness (QED) is 0.508. The zero-order chi connectivity index (χ0) is 13.1. The third-order valence-electron chi connectivity index (χ3n) is 3.51. The van der Waals surface area contributed by atoms with Crippen molar-refractivity contribution in [1.82, 2.24) is 0 Å². The van der Waals surface area contributed by atoms with Gasteiger partial charge < -0.3 is 14.2 Å². The number of hydrogen-bond donors (Lipinski definition) is 0. The molecule has 1 saturated heterocycles. The van der Waals surface area contributed by atoms with Crippen LogP contribution in [0, 0.1) is 5.41 Å². The number of methoxy groups -OCH3 is 2. The van der Waals surface area contributed by atoms with E-state index in [2.05, 4.69) is 25.5 Å². The van der Waals surface area contributed by atoms with Gasteiger partial charge in [-0.15, -0.1) is 0 Å². The highest BCUT2D eigenvalue weighted by atomic mass is 16.6. The second kappa shape index (κ2) is 5.83. The number of epoxide rings is 1. The van der Waals surface area contributed by atoms with Crippen LogP contribution in [0.25, 0.3) is 0 Å². The van der Waals surface area contributed by atoms with E-state index in [1.54, 1.807) is 7.11 Å². The molecule has 1 aliphatic heterocycles. The molecule has 100 valence electrons. The Hall–Kier alpha value is -0.610. The Bertz CT molecular complexity index is 262. The monoisotopic (exact) mass is 244 g/mol. The summed E-state index contributed by atoms with van der Waals surface area (Å²) in [5, 5.41) is 0. The van der Waals surface area contributed by atoms with Gasteiger partial charge >= 0.3 is 5.97 Å². The standard InChI is InChI=1S/C13H24O4/c1-6-7-13(2,3)10(15-4)8-9-11(17-9)12(14)16-5/h9-11H,6-8H2,1-5H3. The van der Waals surface area contributed by atoms with Gasteiger partial charge in [0, 0.05) is 13.5 Å². The Labute approximate surface area is 104 Å². The van der Waals surface area contributed by atoms with Gasteiger partial charge in [-0.25, -0.2) is 4.79 Å². The third-order valence-corrected chi connectivity index (χ3v) is 3.51. The SMILES string of the molecule is CCCC(C)(C)C(CC1OC1C(=O)OC)OC. The van der Waals surface area contributed by atoms with E-state index in [-0.39, 0.29) is 29.7 Å². The lowest BCUT2D eigenvalue weighted by molar-refractivity contribution is -0.142. The van der Waals surface area contributed by atoms with Gasteiger partial charge in [-0.3, -0.25) is 0 Å². The first kappa shape index (κ1) is 14.5. The first-order valence-electron chi connectivity index (χ1n) is 6.22. The summed E-state index contributed by atoms with van der Waals surface area (Å²) in [6.07, 6.45) is 2.67. The van der Waals surface area contributed by atoms with Crippen LogP contribution in [0.3, 0.4) is 0 Å². The smallest absolute Gasteiger partial charge is 0.337 e. The molecule has 4 heteroatoms. The first-order valence-corrected chi connectivity index (χ1v) is 6.22. The number of esters is 1. The van der Waals surface area contributed by atoms with Crippen LogP contribution in [-0.2, 0) is 19.0 Å². The molecule has 1 rings (SSSR count). The van der Waals surface area contributed by atoms with Crippen molar-refractivity contribution in [3.63, 3.8) is 0 Å². The van der Waals surface area contributed by atoms with E-state index in [0.717, 1.165) is 19.3 Å². The average Bonchev–Trinajstić information content (AvgIpc) is 3.03. The molecule has 17 heavy (non-hydrogen) atoms. The van der Waals surface area contributed by atoms with Crippen molar-refractivity contribution in [2.24, 2.45) is 5.41 Å². The van der Waals surface area contributed by atoms with Gasteiger partial charge in [-0.2, -0.15) is 0 Å². The maximum atomic E-state index is 11.2.